The SMILES string of the molecule is CC1OCCC1(C)NC(=O)c1ccccc1NN. The smallest absolute Gasteiger partial charge is 0.253 e. The first kappa shape index (κ1) is 12.9. The van der Waals surface area contributed by atoms with Gasteiger partial charge in [-0.3, -0.25) is 10.6 Å². The molecule has 0 bridgehead atoms. The minimum absolute atomic E-state index is 0.0134. The number of nitrogen functional groups attached to an aromatic ring is 1. The maximum Gasteiger partial charge on any atom is 0.253 e. The third-order valence-electron chi connectivity index (χ3n) is 3.61. The quantitative estimate of drug-likeness (QED) is 0.557. The van der Waals surface area contributed by atoms with E-state index in [4.69, 9.17) is 10.6 Å². The van der Waals surface area contributed by atoms with Crippen molar-refractivity contribution < 1.29 is 9.53 Å². The van der Waals surface area contributed by atoms with Crippen molar-refractivity contribution in [2.24, 2.45) is 5.84 Å². The molecule has 0 aliphatic carbocycles. The van der Waals surface area contributed by atoms with Crippen LogP contribution in [0.2, 0.25) is 0 Å². The van der Waals surface area contributed by atoms with E-state index in [1.54, 1.807) is 12.1 Å². The number of anilines is 1. The maximum atomic E-state index is 12.3. The molecule has 1 aliphatic rings. The second-order valence-electron chi connectivity index (χ2n) is 4.82. The van der Waals surface area contributed by atoms with E-state index in [9.17, 15) is 4.79 Å². The van der Waals surface area contributed by atoms with Gasteiger partial charge < -0.3 is 15.5 Å². The summed E-state index contributed by atoms with van der Waals surface area (Å²) in [7, 11) is 0. The average molecular weight is 249 g/mol. The molecule has 1 amide bonds. The van der Waals surface area contributed by atoms with E-state index in [0.29, 0.717) is 17.9 Å². The zero-order valence-electron chi connectivity index (χ0n) is 10.7. The topological polar surface area (TPSA) is 76.4 Å². The highest BCUT2D eigenvalue weighted by molar-refractivity contribution is 5.99. The molecule has 4 N–H and O–H groups in total. The van der Waals surface area contributed by atoms with E-state index < -0.39 is 0 Å². The predicted molar refractivity (Wildman–Crippen MR) is 70.2 cm³/mol. The molecule has 0 radical (unpaired) electrons. The fourth-order valence-corrected chi connectivity index (χ4v) is 2.13. The van der Waals surface area contributed by atoms with Gasteiger partial charge in [-0.1, -0.05) is 12.1 Å². The van der Waals surface area contributed by atoms with Crippen LogP contribution in [0.25, 0.3) is 0 Å². The number of nitrogens with one attached hydrogen (secondary N) is 2. The molecule has 1 heterocycles. The molecular weight excluding hydrogens is 230 g/mol. The molecule has 0 aromatic heterocycles. The molecule has 1 aromatic rings. The summed E-state index contributed by atoms with van der Waals surface area (Å²) in [6.07, 6.45) is 0.831. The molecule has 2 unspecified atom stereocenters. The van der Waals surface area contributed by atoms with Crippen molar-refractivity contribution >= 4 is 11.6 Å². The number of hydrazine groups is 1. The predicted octanol–water partition coefficient (Wildman–Crippen LogP) is 1.27. The standard InChI is InChI=1S/C13H19N3O2/c1-9-13(2,7-8-18-9)15-12(17)10-5-3-4-6-11(10)16-14/h3-6,9,16H,7-8,14H2,1-2H3,(H,15,17). The molecule has 1 aliphatic heterocycles. The van der Waals surface area contributed by atoms with Crippen LogP contribution in [0.5, 0.6) is 0 Å². The lowest BCUT2D eigenvalue weighted by molar-refractivity contribution is 0.0728. The second kappa shape index (κ2) is 4.96. The number of para-hydroxylation sites is 1. The fourth-order valence-electron chi connectivity index (χ4n) is 2.13. The third kappa shape index (κ3) is 2.32. The Balaban J connectivity index is 2.17. The number of hydrogen-bond acceptors (Lipinski definition) is 4. The minimum Gasteiger partial charge on any atom is -0.376 e. The lowest BCUT2D eigenvalue weighted by atomic mass is 9.94. The van der Waals surface area contributed by atoms with Gasteiger partial charge in [0, 0.05) is 6.61 Å². The molecule has 5 nitrogen and oxygen atoms in total. The molecule has 2 atom stereocenters. The summed E-state index contributed by atoms with van der Waals surface area (Å²) in [5.41, 5.74) is 3.37. The summed E-state index contributed by atoms with van der Waals surface area (Å²) < 4.78 is 5.51. The fraction of sp³-hybridized carbons (Fsp3) is 0.462. The number of nitrogens with two attached hydrogens (primary N) is 1. The van der Waals surface area contributed by atoms with Crippen LogP contribution in [-0.4, -0.2) is 24.2 Å². The summed E-state index contributed by atoms with van der Waals surface area (Å²) in [5.74, 6) is 5.27. The van der Waals surface area contributed by atoms with Gasteiger partial charge in [0.2, 0.25) is 0 Å². The van der Waals surface area contributed by atoms with Crippen LogP contribution in [0.15, 0.2) is 24.3 Å². The van der Waals surface area contributed by atoms with Crippen molar-refractivity contribution in [3.8, 4) is 0 Å². The van der Waals surface area contributed by atoms with E-state index >= 15 is 0 Å². The van der Waals surface area contributed by atoms with E-state index in [2.05, 4.69) is 10.7 Å². The van der Waals surface area contributed by atoms with Crippen LogP contribution in [0.3, 0.4) is 0 Å². The van der Waals surface area contributed by atoms with Gasteiger partial charge in [-0.15, -0.1) is 0 Å². The first-order chi connectivity index (χ1) is 8.57. The van der Waals surface area contributed by atoms with Gasteiger partial charge >= 0.3 is 0 Å². The molecule has 1 fully saturated rings. The number of carbonyl (C=O) groups excluding carboxylic acids is 1. The Hall–Kier alpha value is -1.59. The lowest BCUT2D eigenvalue weighted by Crippen LogP contribution is -2.50. The highest BCUT2D eigenvalue weighted by atomic mass is 16.5. The molecule has 5 heteroatoms. The zero-order valence-corrected chi connectivity index (χ0v) is 10.7. The van der Waals surface area contributed by atoms with E-state index in [-0.39, 0.29) is 17.6 Å². The Bertz CT molecular complexity index is 450. The molecular formula is C13H19N3O2. The largest absolute Gasteiger partial charge is 0.376 e. The van der Waals surface area contributed by atoms with Gasteiger partial charge in [0.05, 0.1) is 22.9 Å². The third-order valence-corrected chi connectivity index (χ3v) is 3.61. The number of ether oxygens (including phenoxy) is 1. The Morgan fingerprint density at radius 2 is 2.22 bits per heavy atom. The Morgan fingerprint density at radius 3 is 2.83 bits per heavy atom. The van der Waals surface area contributed by atoms with Crippen LogP contribution >= 0.6 is 0 Å². The number of benzene rings is 1. The van der Waals surface area contributed by atoms with Crippen LogP contribution < -0.4 is 16.6 Å². The molecule has 98 valence electrons. The van der Waals surface area contributed by atoms with Gasteiger partial charge in [-0.2, -0.15) is 0 Å². The zero-order chi connectivity index (χ0) is 13.2. The van der Waals surface area contributed by atoms with E-state index in [1.807, 2.05) is 26.0 Å². The van der Waals surface area contributed by atoms with E-state index in [1.165, 1.54) is 0 Å². The summed E-state index contributed by atoms with van der Waals surface area (Å²) >= 11 is 0. The van der Waals surface area contributed by atoms with Crippen molar-refractivity contribution in [2.75, 3.05) is 12.0 Å². The number of carbonyl (C=O) groups is 1. The van der Waals surface area contributed by atoms with Crippen LogP contribution in [0.4, 0.5) is 5.69 Å². The van der Waals surface area contributed by atoms with Gasteiger partial charge in [0.15, 0.2) is 0 Å². The molecule has 18 heavy (non-hydrogen) atoms. The number of hydrogen-bond donors (Lipinski definition) is 3. The normalized spacial score (nSPS) is 26.9. The Morgan fingerprint density at radius 1 is 1.50 bits per heavy atom. The lowest BCUT2D eigenvalue weighted by Gasteiger charge is -2.29. The van der Waals surface area contributed by atoms with Crippen LogP contribution in [0.1, 0.15) is 30.6 Å². The Labute approximate surface area is 107 Å². The summed E-state index contributed by atoms with van der Waals surface area (Å²) in [6, 6.07) is 7.15. The minimum atomic E-state index is -0.321. The number of rotatable bonds is 3. The summed E-state index contributed by atoms with van der Waals surface area (Å²) in [6.45, 7) is 4.65. The summed E-state index contributed by atoms with van der Waals surface area (Å²) in [4.78, 5) is 12.3. The molecule has 2 rings (SSSR count). The Kier molecular flexibility index (Phi) is 3.54. The van der Waals surface area contributed by atoms with Crippen molar-refractivity contribution in [3.05, 3.63) is 29.8 Å². The van der Waals surface area contributed by atoms with Crippen molar-refractivity contribution in [1.29, 1.82) is 0 Å². The van der Waals surface area contributed by atoms with E-state index in [0.717, 1.165) is 6.42 Å². The van der Waals surface area contributed by atoms with Gasteiger partial charge in [-0.25, -0.2) is 0 Å². The monoisotopic (exact) mass is 249 g/mol. The maximum absolute atomic E-state index is 12.3. The highest BCUT2D eigenvalue weighted by Crippen LogP contribution is 2.26. The second-order valence-corrected chi connectivity index (χ2v) is 4.82. The molecule has 1 aromatic carbocycles. The number of amides is 1. The van der Waals surface area contributed by atoms with Crippen LogP contribution in [-0.2, 0) is 4.74 Å². The van der Waals surface area contributed by atoms with Crippen molar-refractivity contribution in [1.82, 2.24) is 5.32 Å². The molecule has 0 spiro atoms. The summed E-state index contributed by atoms with van der Waals surface area (Å²) in [5, 5.41) is 3.04. The van der Waals surface area contributed by atoms with Crippen molar-refractivity contribution in [3.63, 3.8) is 0 Å². The average Bonchev–Trinajstić information content (AvgIpc) is 2.69. The van der Waals surface area contributed by atoms with Gasteiger partial charge in [0.1, 0.15) is 0 Å². The molecule has 0 saturated carbocycles. The van der Waals surface area contributed by atoms with Crippen LogP contribution in [0, 0.1) is 0 Å². The van der Waals surface area contributed by atoms with Crippen molar-refractivity contribution in [2.45, 2.75) is 31.9 Å². The van der Waals surface area contributed by atoms with Gasteiger partial charge in [-0.05, 0) is 32.4 Å². The van der Waals surface area contributed by atoms with Gasteiger partial charge in [0.25, 0.3) is 5.91 Å². The molecule has 1 saturated heterocycles. The first-order valence-electron chi connectivity index (χ1n) is 6.06. The highest BCUT2D eigenvalue weighted by Gasteiger charge is 2.38. The first-order valence-corrected chi connectivity index (χ1v) is 6.06.